The molecule has 0 amide bonds. The predicted octanol–water partition coefficient (Wildman–Crippen LogP) is 0.655. The van der Waals surface area contributed by atoms with Gasteiger partial charge in [0.25, 0.3) is 0 Å². The van der Waals surface area contributed by atoms with E-state index in [-0.39, 0.29) is 17.1 Å². The van der Waals surface area contributed by atoms with E-state index < -0.39 is 15.8 Å². The van der Waals surface area contributed by atoms with Crippen LogP contribution in [-0.2, 0) is 16.6 Å². The van der Waals surface area contributed by atoms with Gasteiger partial charge in [-0.3, -0.25) is 5.10 Å². The van der Waals surface area contributed by atoms with E-state index in [0.29, 0.717) is 11.6 Å². The molecule has 1 aromatic heterocycles. The van der Waals surface area contributed by atoms with Crippen LogP contribution in [0.3, 0.4) is 0 Å². The molecule has 0 saturated carbocycles. The second-order valence-electron chi connectivity index (χ2n) is 4.32. The van der Waals surface area contributed by atoms with Crippen LogP contribution in [0.5, 0.6) is 0 Å². The fraction of sp³-hybridized carbons (Fsp3) is 0.273. The van der Waals surface area contributed by atoms with E-state index in [1.165, 1.54) is 13.1 Å². The van der Waals surface area contributed by atoms with Crippen molar-refractivity contribution in [1.29, 1.82) is 0 Å². The number of aromatic amines is 1. The zero-order chi connectivity index (χ0) is 14.9. The summed E-state index contributed by atoms with van der Waals surface area (Å²) in [6, 6.07) is 3.18. The molecule has 0 spiro atoms. The first-order valence-electron chi connectivity index (χ1n) is 5.69. The van der Waals surface area contributed by atoms with Crippen LogP contribution in [0.15, 0.2) is 23.1 Å². The molecule has 2 aromatic rings. The third-order valence-electron chi connectivity index (χ3n) is 2.61. The standard InChI is InChI=1S/C11H14FN5O2S/c1-7-14-11(16-15-7)6-17(2)20(18,19)10-4-8(12)3-9(13)5-10/h3-5H,6,13H2,1-2H3,(H,14,15,16). The number of anilines is 1. The molecular weight excluding hydrogens is 285 g/mol. The molecule has 0 bridgehead atoms. The lowest BCUT2D eigenvalue weighted by Gasteiger charge is -2.15. The number of benzene rings is 1. The zero-order valence-electron chi connectivity index (χ0n) is 11.0. The zero-order valence-corrected chi connectivity index (χ0v) is 11.8. The first-order chi connectivity index (χ1) is 9.29. The lowest BCUT2D eigenvalue weighted by Crippen LogP contribution is -2.27. The van der Waals surface area contributed by atoms with Crippen LogP contribution in [0.1, 0.15) is 11.6 Å². The predicted molar refractivity (Wildman–Crippen MR) is 70.6 cm³/mol. The monoisotopic (exact) mass is 299 g/mol. The molecule has 0 aliphatic rings. The van der Waals surface area contributed by atoms with Gasteiger partial charge in [-0.15, -0.1) is 0 Å². The molecule has 108 valence electrons. The Bertz CT molecular complexity index is 708. The minimum absolute atomic E-state index is 0.0247. The van der Waals surface area contributed by atoms with Crippen molar-refractivity contribution in [3.63, 3.8) is 0 Å². The third kappa shape index (κ3) is 2.94. The van der Waals surface area contributed by atoms with E-state index in [2.05, 4.69) is 15.2 Å². The SMILES string of the molecule is Cc1nc(CN(C)S(=O)(=O)c2cc(N)cc(F)c2)n[nH]1. The highest BCUT2D eigenvalue weighted by atomic mass is 32.2. The van der Waals surface area contributed by atoms with Crippen LogP contribution in [0.4, 0.5) is 10.1 Å². The summed E-state index contributed by atoms with van der Waals surface area (Å²) < 4.78 is 38.9. The summed E-state index contributed by atoms with van der Waals surface area (Å²) in [6.07, 6.45) is 0. The molecule has 3 N–H and O–H groups in total. The van der Waals surface area contributed by atoms with Gasteiger partial charge in [0.2, 0.25) is 10.0 Å². The third-order valence-corrected chi connectivity index (χ3v) is 4.39. The number of H-pyrrole nitrogens is 1. The smallest absolute Gasteiger partial charge is 0.243 e. The summed E-state index contributed by atoms with van der Waals surface area (Å²) in [5.41, 5.74) is 5.51. The van der Waals surface area contributed by atoms with E-state index in [0.717, 1.165) is 16.4 Å². The van der Waals surface area contributed by atoms with Gasteiger partial charge in [-0.25, -0.2) is 17.8 Å². The largest absolute Gasteiger partial charge is 0.399 e. The number of nitrogen functional groups attached to an aromatic ring is 1. The van der Waals surface area contributed by atoms with Crippen LogP contribution in [0, 0.1) is 12.7 Å². The van der Waals surface area contributed by atoms with Crippen molar-refractivity contribution in [2.24, 2.45) is 0 Å². The van der Waals surface area contributed by atoms with Gasteiger partial charge in [0.05, 0.1) is 11.4 Å². The summed E-state index contributed by atoms with van der Waals surface area (Å²) >= 11 is 0. The van der Waals surface area contributed by atoms with E-state index in [4.69, 9.17) is 5.73 Å². The van der Waals surface area contributed by atoms with E-state index in [1.54, 1.807) is 6.92 Å². The van der Waals surface area contributed by atoms with Gasteiger partial charge in [0, 0.05) is 12.7 Å². The van der Waals surface area contributed by atoms with E-state index in [1.807, 2.05) is 0 Å². The molecule has 0 fully saturated rings. The minimum Gasteiger partial charge on any atom is -0.399 e. The molecule has 9 heteroatoms. The summed E-state index contributed by atoms with van der Waals surface area (Å²) in [4.78, 5) is 3.82. The van der Waals surface area contributed by atoms with Crippen LogP contribution < -0.4 is 5.73 Å². The average Bonchev–Trinajstić information content (AvgIpc) is 2.73. The second-order valence-corrected chi connectivity index (χ2v) is 6.36. The number of hydrogen-bond acceptors (Lipinski definition) is 5. The number of nitrogens with zero attached hydrogens (tertiary/aromatic N) is 3. The number of hydrogen-bond donors (Lipinski definition) is 2. The van der Waals surface area contributed by atoms with Crippen molar-refractivity contribution in [2.75, 3.05) is 12.8 Å². The first-order valence-corrected chi connectivity index (χ1v) is 7.13. The fourth-order valence-corrected chi connectivity index (χ4v) is 2.85. The van der Waals surface area contributed by atoms with Gasteiger partial charge < -0.3 is 5.73 Å². The fourth-order valence-electron chi connectivity index (χ4n) is 1.66. The molecule has 0 unspecified atom stereocenters. The second kappa shape index (κ2) is 5.17. The van der Waals surface area contributed by atoms with Gasteiger partial charge in [0.15, 0.2) is 5.82 Å². The Morgan fingerprint density at radius 2 is 2.10 bits per heavy atom. The average molecular weight is 299 g/mol. The Labute approximate surface area is 115 Å². The molecule has 0 aliphatic heterocycles. The number of rotatable bonds is 4. The lowest BCUT2D eigenvalue weighted by atomic mass is 10.3. The van der Waals surface area contributed by atoms with Crippen molar-refractivity contribution in [3.8, 4) is 0 Å². The van der Waals surface area contributed by atoms with Gasteiger partial charge >= 0.3 is 0 Å². The summed E-state index contributed by atoms with van der Waals surface area (Å²) in [5.74, 6) is 0.212. The highest BCUT2D eigenvalue weighted by molar-refractivity contribution is 7.89. The van der Waals surface area contributed by atoms with Gasteiger partial charge in [0.1, 0.15) is 11.6 Å². The van der Waals surface area contributed by atoms with Crippen LogP contribution >= 0.6 is 0 Å². The van der Waals surface area contributed by atoms with Crippen molar-refractivity contribution in [1.82, 2.24) is 19.5 Å². The normalized spacial score (nSPS) is 12.0. The molecule has 1 aromatic carbocycles. The molecule has 1 heterocycles. The summed E-state index contributed by atoms with van der Waals surface area (Å²) in [5, 5.41) is 6.48. The van der Waals surface area contributed by atoms with Crippen molar-refractivity contribution in [2.45, 2.75) is 18.4 Å². The maximum atomic E-state index is 13.3. The highest BCUT2D eigenvalue weighted by Gasteiger charge is 2.23. The molecule has 0 aliphatic carbocycles. The molecule has 2 rings (SSSR count). The molecule has 20 heavy (non-hydrogen) atoms. The number of aromatic nitrogens is 3. The molecule has 0 saturated heterocycles. The summed E-state index contributed by atoms with van der Waals surface area (Å²) in [6.45, 7) is 1.68. The Morgan fingerprint density at radius 1 is 1.40 bits per heavy atom. The summed E-state index contributed by atoms with van der Waals surface area (Å²) in [7, 11) is -2.49. The van der Waals surface area contributed by atoms with Crippen molar-refractivity contribution < 1.29 is 12.8 Å². The minimum atomic E-state index is -3.85. The number of sulfonamides is 1. The van der Waals surface area contributed by atoms with Gasteiger partial charge in [-0.1, -0.05) is 0 Å². The number of nitrogens with one attached hydrogen (secondary N) is 1. The first kappa shape index (κ1) is 14.4. The van der Waals surface area contributed by atoms with Crippen LogP contribution in [-0.4, -0.2) is 35.0 Å². The molecule has 7 nitrogen and oxygen atoms in total. The Morgan fingerprint density at radius 3 is 2.65 bits per heavy atom. The quantitative estimate of drug-likeness (QED) is 0.807. The number of aryl methyl sites for hydroxylation is 1. The van der Waals surface area contributed by atoms with Crippen molar-refractivity contribution in [3.05, 3.63) is 35.7 Å². The van der Waals surface area contributed by atoms with Gasteiger partial charge in [-0.05, 0) is 25.1 Å². The molecule has 0 atom stereocenters. The molecular formula is C11H14FN5O2S. The Kier molecular flexibility index (Phi) is 3.73. The lowest BCUT2D eigenvalue weighted by molar-refractivity contribution is 0.456. The maximum absolute atomic E-state index is 13.3. The van der Waals surface area contributed by atoms with E-state index in [9.17, 15) is 12.8 Å². The van der Waals surface area contributed by atoms with Crippen molar-refractivity contribution >= 4 is 15.7 Å². The van der Waals surface area contributed by atoms with Crippen LogP contribution in [0.25, 0.3) is 0 Å². The number of halogens is 1. The molecule has 0 radical (unpaired) electrons. The highest BCUT2D eigenvalue weighted by Crippen LogP contribution is 2.20. The maximum Gasteiger partial charge on any atom is 0.243 e. The number of nitrogens with two attached hydrogens (primary N) is 1. The Hall–Kier alpha value is -2.00. The Balaban J connectivity index is 2.29. The van der Waals surface area contributed by atoms with Gasteiger partial charge in [-0.2, -0.15) is 9.40 Å². The topological polar surface area (TPSA) is 105 Å². The van der Waals surface area contributed by atoms with Crippen LogP contribution in [0.2, 0.25) is 0 Å². The van der Waals surface area contributed by atoms with E-state index >= 15 is 0 Å².